The summed E-state index contributed by atoms with van der Waals surface area (Å²) >= 11 is 6.02. The van der Waals surface area contributed by atoms with E-state index in [-0.39, 0.29) is 19.1 Å². The van der Waals surface area contributed by atoms with Crippen molar-refractivity contribution in [2.24, 2.45) is 0 Å². The Hall–Kier alpha value is -2.86. The molecule has 2 aromatic heterocycles. The van der Waals surface area contributed by atoms with Gasteiger partial charge in [0.1, 0.15) is 17.9 Å². The van der Waals surface area contributed by atoms with E-state index in [4.69, 9.17) is 16.3 Å². The van der Waals surface area contributed by atoms with Crippen molar-refractivity contribution >= 4 is 29.1 Å². The van der Waals surface area contributed by atoms with Crippen molar-refractivity contribution < 1.29 is 14.3 Å². The molecule has 0 aliphatic rings. The SMILES string of the molecule is CCOC(=O)CN(Cc1ccccc1)C(=O)c1c(C)nc2cc(Cl)ccn12. The van der Waals surface area contributed by atoms with Crippen LogP contribution in [-0.4, -0.2) is 39.3 Å². The summed E-state index contributed by atoms with van der Waals surface area (Å²) in [5.41, 5.74) is 2.48. The molecule has 0 unspecified atom stereocenters. The summed E-state index contributed by atoms with van der Waals surface area (Å²) in [5.74, 6) is -0.740. The summed E-state index contributed by atoms with van der Waals surface area (Å²) in [5, 5.41) is 0.541. The van der Waals surface area contributed by atoms with Crippen molar-refractivity contribution in [3.8, 4) is 0 Å². The zero-order valence-electron chi connectivity index (χ0n) is 15.2. The van der Waals surface area contributed by atoms with Crippen molar-refractivity contribution in [1.29, 1.82) is 0 Å². The van der Waals surface area contributed by atoms with Crippen molar-refractivity contribution in [1.82, 2.24) is 14.3 Å². The molecule has 0 saturated carbocycles. The molecule has 1 amide bonds. The number of imidazole rings is 1. The fraction of sp³-hybridized carbons (Fsp3) is 0.250. The number of hydrogen-bond acceptors (Lipinski definition) is 4. The maximum Gasteiger partial charge on any atom is 0.325 e. The first kappa shape index (κ1) is 18.9. The van der Waals surface area contributed by atoms with Crippen molar-refractivity contribution in [3.05, 3.63) is 70.6 Å². The summed E-state index contributed by atoms with van der Waals surface area (Å²) in [4.78, 5) is 31.2. The van der Waals surface area contributed by atoms with Gasteiger partial charge in [-0.1, -0.05) is 41.9 Å². The van der Waals surface area contributed by atoms with Gasteiger partial charge in [-0.25, -0.2) is 4.98 Å². The Morgan fingerprint density at radius 2 is 1.96 bits per heavy atom. The van der Waals surface area contributed by atoms with E-state index in [1.807, 2.05) is 30.3 Å². The highest BCUT2D eigenvalue weighted by Gasteiger charge is 2.25. The van der Waals surface area contributed by atoms with Gasteiger partial charge in [-0.3, -0.25) is 14.0 Å². The molecule has 6 nitrogen and oxygen atoms in total. The highest BCUT2D eigenvalue weighted by Crippen LogP contribution is 2.19. The Kier molecular flexibility index (Phi) is 5.76. The molecule has 0 atom stereocenters. The van der Waals surface area contributed by atoms with Gasteiger partial charge in [-0.15, -0.1) is 0 Å². The maximum absolute atomic E-state index is 13.3. The molecule has 1 aromatic carbocycles. The van der Waals surface area contributed by atoms with Gasteiger partial charge in [0.2, 0.25) is 0 Å². The average molecular weight is 386 g/mol. The molecule has 0 N–H and O–H groups in total. The van der Waals surface area contributed by atoms with E-state index in [0.717, 1.165) is 5.56 Å². The zero-order chi connectivity index (χ0) is 19.4. The maximum atomic E-state index is 13.3. The van der Waals surface area contributed by atoms with E-state index in [2.05, 4.69) is 4.98 Å². The van der Waals surface area contributed by atoms with Crippen LogP contribution in [0.4, 0.5) is 0 Å². The molecule has 0 saturated heterocycles. The van der Waals surface area contributed by atoms with E-state index in [1.165, 1.54) is 4.90 Å². The minimum Gasteiger partial charge on any atom is -0.465 e. The lowest BCUT2D eigenvalue weighted by Gasteiger charge is -2.22. The van der Waals surface area contributed by atoms with Crippen LogP contribution in [0, 0.1) is 6.92 Å². The quantitative estimate of drug-likeness (QED) is 0.609. The van der Waals surface area contributed by atoms with Crippen LogP contribution < -0.4 is 0 Å². The van der Waals surface area contributed by atoms with Gasteiger partial charge >= 0.3 is 5.97 Å². The van der Waals surface area contributed by atoms with Gasteiger partial charge in [-0.2, -0.15) is 0 Å². The third-order valence-electron chi connectivity index (χ3n) is 4.09. The summed E-state index contributed by atoms with van der Waals surface area (Å²) in [6, 6.07) is 12.9. The first-order chi connectivity index (χ1) is 13.0. The number of carbonyl (C=O) groups excluding carboxylic acids is 2. The summed E-state index contributed by atoms with van der Waals surface area (Å²) < 4.78 is 6.73. The van der Waals surface area contributed by atoms with E-state index >= 15 is 0 Å². The topological polar surface area (TPSA) is 63.9 Å². The molecule has 0 bridgehead atoms. The zero-order valence-corrected chi connectivity index (χ0v) is 15.9. The third kappa shape index (κ3) is 4.28. The number of aromatic nitrogens is 2. The van der Waals surface area contributed by atoms with Crippen LogP contribution >= 0.6 is 11.6 Å². The predicted octanol–water partition coefficient (Wildman–Crippen LogP) is 3.50. The van der Waals surface area contributed by atoms with Gasteiger partial charge < -0.3 is 9.64 Å². The van der Waals surface area contributed by atoms with Crippen LogP contribution in [0.3, 0.4) is 0 Å². The number of hydrogen-bond donors (Lipinski definition) is 0. The number of benzene rings is 1. The molecule has 7 heteroatoms. The molecule has 27 heavy (non-hydrogen) atoms. The van der Waals surface area contributed by atoms with Crippen molar-refractivity contribution in [3.63, 3.8) is 0 Å². The van der Waals surface area contributed by atoms with Gasteiger partial charge in [0, 0.05) is 23.8 Å². The van der Waals surface area contributed by atoms with Crippen LogP contribution in [0.5, 0.6) is 0 Å². The monoisotopic (exact) mass is 385 g/mol. The summed E-state index contributed by atoms with van der Waals surface area (Å²) in [6.07, 6.45) is 1.70. The molecule has 0 radical (unpaired) electrons. The number of rotatable bonds is 6. The van der Waals surface area contributed by atoms with Crippen LogP contribution in [0.25, 0.3) is 5.65 Å². The largest absolute Gasteiger partial charge is 0.465 e. The second kappa shape index (κ2) is 8.22. The van der Waals surface area contributed by atoms with Crippen LogP contribution in [0.2, 0.25) is 5.02 Å². The lowest BCUT2D eigenvalue weighted by Crippen LogP contribution is -2.37. The molecule has 140 valence electrons. The Morgan fingerprint density at radius 3 is 2.67 bits per heavy atom. The molecular weight excluding hydrogens is 366 g/mol. The van der Waals surface area contributed by atoms with Crippen molar-refractivity contribution in [2.45, 2.75) is 20.4 Å². The second-order valence-electron chi connectivity index (χ2n) is 6.07. The van der Waals surface area contributed by atoms with E-state index in [1.54, 1.807) is 36.6 Å². The molecular formula is C20H20ClN3O3. The Bertz CT molecular complexity index is 969. The fourth-order valence-electron chi connectivity index (χ4n) is 2.91. The smallest absolute Gasteiger partial charge is 0.325 e. The molecule has 2 heterocycles. The lowest BCUT2D eigenvalue weighted by molar-refractivity contribution is -0.143. The minimum absolute atomic E-state index is 0.137. The highest BCUT2D eigenvalue weighted by molar-refractivity contribution is 6.30. The normalized spacial score (nSPS) is 10.8. The van der Waals surface area contributed by atoms with Gasteiger partial charge in [0.15, 0.2) is 0 Å². The molecule has 3 rings (SSSR count). The van der Waals surface area contributed by atoms with Gasteiger partial charge in [0.05, 0.1) is 12.3 Å². The van der Waals surface area contributed by atoms with Crippen LogP contribution in [-0.2, 0) is 16.1 Å². The molecule has 3 aromatic rings. The van der Waals surface area contributed by atoms with Gasteiger partial charge in [0.25, 0.3) is 5.91 Å². The minimum atomic E-state index is -0.448. The van der Waals surface area contributed by atoms with Crippen LogP contribution in [0.1, 0.15) is 28.7 Å². The first-order valence-electron chi connectivity index (χ1n) is 8.62. The Morgan fingerprint density at radius 1 is 1.22 bits per heavy atom. The third-order valence-corrected chi connectivity index (χ3v) is 4.33. The number of nitrogens with zero attached hydrogens (tertiary/aromatic N) is 3. The molecule has 0 fully saturated rings. The number of fused-ring (bicyclic) bond motifs is 1. The average Bonchev–Trinajstić information content (AvgIpc) is 2.96. The van der Waals surface area contributed by atoms with E-state index in [0.29, 0.717) is 28.6 Å². The number of pyridine rings is 1. The standard InChI is InChI=1S/C20H20ClN3O3/c1-3-27-18(25)13-23(12-15-7-5-4-6-8-15)20(26)19-14(2)22-17-11-16(21)9-10-24(17)19/h4-11H,3,12-13H2,1-2H3. The van der Waals surface area contributed by atoms with Crippen molar-refractivity contribution in [2.75, 3.05) is 13.2 Å². The Balaban J connectivity index is 1.97. The number of ether oxygens (including phenoxy) is 1. The fourth-order valence-corrected chi connectivity index (χ4v) is 3.06. The highest BCUT2D eigenvalue weighted by atomic mass is 35.5. The molecule has 0 spiro atoms. The summed E-state index contributed by atoms with van der Waals surface area (Å²) in [7, 11) is 0. The molecule has 0 aliphatic carbocycles. The number of amides is 1. The Labute approximate surface area is 162 Å². The number of aryl methyl sites for hydroxylation is 1. The summed E-state index contributed by atoms with van der Waals surface area (Å²) in [6.45, 7) is 3.92. The first-order valence-corrected chi connectivity index (χ1v) is 9.00. The predicted molar refractivity (Wildman–Crippen MR) is 103 cm³/mol. The number of carbonyl (C=O) groups is 2. The lowest BCUT2D eigenvalue weighted by atomic mass is 10.2. The van der Waals surface area contributed by atoms with Crippen LogP contribution in [0.15, 0.2) is 48.7 Å². The van der Waals surface area contributed by atoms with E-state index < -0.39 is 5.97 Å². The number of halogens is 1. The second-order valence-corrected chi connectivity index (χ2v) is 6.51. The number of esters is 1. The van der Waals surface area contributed by atoms with Gasteiger partial charge in [-0.05, 0) is 25.5 Å². The molecule has 0 aliphatic heterocycles. The van der Waals surface area contributed by atoms with E-state index in [9.17, 15) is 9.59 Å².